The Labute approximate surface area is 145 Å². The highest BCUT2D eigenvalue weighted by atomic mass is 19.1. The van der Waals surface area contributed by atoms with Crippen LogP contribution in [0.2, 0.25) is 0 Å². The maximum atomic E-state index is 13.6. The largest absolute Gasteiger partial charge is 0.353 e. The van der Waals surface area contributed by atoms with Gasteiger partial charge in [0.15, 0.2) is 0 Å². The molecule has 0 bridgehead atoms. The number of amides is 1. The van der Waals surface area contributed by atoms with Crippen molar-refractivity contribution in [3.8, 4) is 6.07 Å². The Bertz CT molecular complexity index is 796. The van der Waals surface area contributed by atoms with E-state index in [0.717, 1.165) is 0 Å². The highest BCUT2D eigenvalue weighted by molar-refractivity contribution is 5.92. The molecule has 1 amide bonds. The molecule has 1 aliphatic rings. The minimum Gasteiger partial charge on any atom is -0.353 e. The third-order valence-electron chi connectivity index (χ3n) is 4.09. The zero-order chi connectivity index (χ0) is 17.6. The van der Waals surface area contributed by atoms with E-state index in [1.807, 2.05) is 9.80 Å². The van der Waals surface area contributed by atoms with Crippen molar-refractivity contribution in [1.29, 1.82) is 5.26 Å². The molecule has 3 rings (SSSR count). The van der Waals surface area contributed by atoms with Gasteiger partial charge in [-0.2, -0.15) is 5.26 Å². The molecule has 2 aromatic rings. The number of halogens is 1. The van der Waals surface area contributed by atoms with Crippen molar-refractivity contribution in [2.75, 3.05) is 42.9 Å². The minimum atomic E-state index is -0.445. The first-order valence-electron chi connectivity index (χ1n) is 8.04. The molecule has 1 N–H and O–H groups in total. The molecule has 1 aliphatic heterocycles. The minimum absolute atomic E-state index is 0.193. The number of nitrogens with zero attached hydrogens (tertiary/aromatic N) is 4. The van der Waals surface area contributed by atoms with Crippen molar-refractivity contribution in [1.82, 2.24) is 9.88 Å². The summed E-state index contributed by atoms with van der Waals surface area (Å²) in [7, 11) is 0. The van der Waals surface area contributed by atoms with Gasteiger partial charge in [0, 0.05) is 32.4 Å². The highest BCUT2D eigenvalue weighted by Gasteiger charge is 2.21. The Morgan fingerprint density at radius 3 is 2.68 bits per heavy atom. The zero-order valence-corrected chi connectivity index (χ0v) is 13.7. The lowest BCUT2D eigenvalue weighted by Gasteiger charge is -2.35. The summed E-state index contributed by atoms with van der Waals surface area (Å²) >= 11 is 0. The maximum absolute atomic E-state index is 13.6. The summed E-state index contributed by atoms with van der Waals surface area (Å²) in [6, 6.07) is 11.7. The van der Waals surface area contributed by atoms with Gasteiger partial charge in [-0.25, -0.2) is 9.37 Å². The van der Waals surface area contributed by atoms with Gasteiger partial charge in [-0.15, -0.1) is 0 Å². The van der Waals surface area contributed by atoms with Gasteiger partial charge in [0.25, 0.3) is 0 Å². The van der Waals surface area contributed by atoms with Crippen LogP contribution in [0.5, 0.6) is 0 Å². The lowest BCUT2D eigenvalue weighted by molar-refractivity contribution is -0.117. The number of benzene rings is 1. The molecule has 128 valence electrons. The van der Waals surface area contributed by atoms with Gasteiger partial charge in [-0.3, -0.25) is 9.69 Å². The number of nitrogens with one attached hydrogen (secondary N) is 1. The number of nitriles is 1. The van der Waals surface area contributed by atoms with Crippen LogP contribution in [0.25, 0.3) is 0 Å². The summed E-state index contributed by atoms with van der Waals surface area (Å²) in [4.78, 5) is 20.4. The number of hydrogen-bond donors (Lipinski definition) is 1. The van der Waals surface area contributed by atoms with Gasteiger partial charge in [0.2, 0.25) is 5.91 Å². The number of rotatable bonds is 4. The van der Waals surface area contributed by atoms with Crippen molar-refractivity contribution < 1.29 is 9.18 Å². The van der Waals surface area contributed by atoms with Crippen molar-refractivity contribution in [3.05, 3.63) is 54.0 Å². The molecule has 0 unspecified atom stereocenters. The van der Waals surface area contributed by atoms with Gasteiger partial charge >= 0.3 is 0 Å². The second kappa shape index (κ2) is 7.73. The van der Waals surface area contributed by atoms with Crippen LogP contribution < -0.4 is 10.2 Å². The topological polar surface area (TPSA) is 72.3 Å². The molecule has 25 heavy (non-hydrogen) atoms. The molecular weight excluding hydrogens is 321 g/mol. The summed E-state index contributed by atoms with van der Waals surface area (Å²) in [5, 5.41) is 11.8. The van der Waals surface area contributed by atoms with E-state index in [-0.39, 0.29) is 18.1 Å². The molecule has 1 saturated heterocycles. The number of carbonyl (C=O) groups is 1. The molecule has 6 nitrogen and oxygen atoms in total. The Morgan fingerprint density at radius 1 is 1.20 bits per heavy atom. The standard InChI is InChI=1S/C18H18FN5O/c19-15-5-1-2-6-16(15)22-17(25)13-23-8-10-24(11-9-23)18-14(12-20)4-3-7-21-18/h1-7H,8-11,13H2,(H,22,25). The molecule has 7 heteroatoms. The second-order valence-corrected chi connectivity index (χ2v) is 5.78. The lowest BCUT2D eigenvalue weighted by atomic mass is 10.2. The first-order chi connectivity index (χ1) is 12.2. The average molecular weight is 339 g/mol. The number of anilines is 2. The highest BCUT2D eigenvalue weighted by Crippen LogP contribution is 2.18. The van der Waals surface area contributed by atoms with Crippen LogP contribution in [-0.4, -0.2) is 48.5 Å². The van der Waals surface area contributed by atoms with Crippen LogP contribution in [0, 0.1) is 17.1 Å². The van der Waals surface area contributed by atoms with Gasteiger partial charge in [-0.05, 0) is 24.3 Å². The molecule has 0 saturated carbocycles. The van der Waals surface area contributed by atoms with Crippen LogP contribution in [0.1, 0.15) is 5.56 Å². The normalized spacial score (nSPS) is 14.8. The zero-order valence-electron chi connectivity index (χ0n) is 13.7. The summed E-state index contributed by atoms with van der Waals surface area (Å²) in [5.41, 5.74) is 0.742. The van der Waals surface area contributed by atoms with Gasteiger partial charge < -0.3 is 10.2 Å². The van der Waals surface area contributed by atoms with E-state index in [2.05, 4.69) is 16.4 Å². The number of piperazine rings is 1. The molecule has 1 aromatic carbocycles. The number of aromatic nitrogens is 1. The van der Waals surface area contributed by atoms with Crippen molar-refractivity contribution >= 4 is 17.4 Å². The fraction of sp³-hybridized carbons (Fsp3) is 0.278. The Kier molecular flexibility index (Phi) is 5.21. The monoisotopic (exact) mass is 339 g/mol. The smallest absolute Gasteiger partial charge is 0.238 e. The first kappa shape index (κ1) is 16.9. The molecule has 1 fully saturated rings. The van der Waals surface area contributed by atoms with Crippen LogP contribution in [-0.2, 0) is 4.79 Å². The summed E-state index contributed by atoms with van der Waals surface area (Å²) in [6.07, 6.45) is 1.67. The van der Waals surface area contributed by atoms with E-state index in [1.165, 1.54) is 12.1 Å². The molecule has 0 aliphatic carbocycles. The fourth-order valence-corrected chi connectivity index (χ4v) is 2.81. The summed E-state index contributed by atoms with van der Waals surface area (Å²) in [6.45, 7) is 2.91. The SMILES string of the molecule is N#Cc1cccnc1N1CCN(CC(=O)Nc2ccccc2F)CC1. The van der Waals surface area contributed by atoms with Crippen molar-refractivity contribution in [2.24, 2.45) is 0 Å². The van der Waals surface area contributed by atoms with E-state index in [4.69, 9.17) is 0 Å². The van der Waals surface area contributed by atoms with Crippen LogP contribution in [0.3, 0.4) is 0 Å². The third kappa shape index (κ3) is 4.11. The molecule has 0 radical (unpaired) electrons. The Hall–Kier alpha value is -2.98. The van der Waals surface area contributed by atoms with Gasteiger partial charge in [-0.1, -0.05) is 12.1 Å². The number of para-hydroxylation sites is 1. The Balaban J connectivity index is 1.53. The average Bonchev–Trinajstić information content (AvgIpc) is 2.64. The van der Waals surface area contributed by atoms with E-state index >= 15 is 0 Å². The molecule has 1 aromatic heterocycles. The van der Waals surface area contributed by atoms with E-state index in [9.17, 15) is 14.4 Å². The van der Waals surface area contributed by atoms with Gasteiger partial charge in [0.05, 0.1) is 17.8 Å². The number of carbonyl (C=O) groups excluding carboxylic acids is 1. The van der Waals surface area contributed by atoms with Gasteiger partial charge in [0.1, 0.15) is 17.7 Å². The van der Waals surface area contributed by atoms with Crippen LogP contribution in [0.4, 0.5) is 15.9 Å². The molecular formula is C18H18FN5O. The quantitative estimate of drug-likeness (QED) is 0.920. The van der Waals surface area contributed by atoms with E-state index < -0.39 is 5.82 Å². The maximum Gasteiger partial charge on any atom is 0.238 e. The predicted octanol–water partition coefficient (Wildman–Crippen LogP) is 1.85. The van der Waals surface area contributed by atoms with Crippen LogP contribution in [0.15, 0.2) is 42.6 Å². The Morgan fingerprint density at radius 2 is 1.96 bits per heavy atom. The summed E-state index contributed by atoms with van der Waals surface area (Å²) in [5.74, 6) is -0.00517. The van der Waals surface area contributed by atoms with Crippen LogP contribution >= 0.6 is 0 Å². The van der Waals surface area contributed by atoms with Crippen molar-refractivity contribution in [2.45, 2.75) is 0 Å². The fourth-order valence-electron chi connectivity index (χ4n) is 2.81. The molecule has 2 heterocycles. The number of pyridine rings is 1. The molecule has 0 spiro atoms. The first-order valence-corrected chi connectivity index (χ1v) is 8.04. The molecule has 0 atom stereocenters. The number of hydrogen-bond acceptors (Lipinski definition) is 5. The van der Waals surface area contributed by atoms with E-state index in [1.54, 1.807) is 30.5 Å². The second-order valence-electron chi connectivity index (χ2n) is 5.78. The lowest BCUT2D eigenvalue weighted by Crippen LogP contribution is -2.49. The third-order valence-corrected chi connectivity index (χ3v) is 4.09. The van der Waals surface area contributed by atoms with Crippen molar-refractivity contribution in [3.63, 3.8) is 0 Å². The summed E-state index contributed by atoms with van der Waals surface area (Å²) < 4.78 is 13.6. The van der Waals surface area contributed by atoms with E-state index in [0.29, 0.717) is 37.6 Å². The predicted molar refractivity (Wildman–Crippen MR) is 92.6 cm³/mol.